The Morgan fingerprint density at radius 1 is 1.43 bits per heavy atom. The van der Waals surface area contributed by atoms with Gasteiger partial charge < -0.3 is 0 Å². The van der Waals surface area contributed by atoms with Gasteiger partial charge in [-0.3, -0.25) is 4.79 Å². The molecule has 0 aliphatic heterocycles. The summed E-state index contributed by atoms with van der Waals surface area (Å²) in [5, 5.41) is 0. The fourth-order valence-corrected chi connectivity index (χ4v) is 1.70. The molecule has 0 N–H and O–H groups in total. The highest BCUT2D eigenvalue weighted by molar-refractivity contribution is 6.19. The number of Topliss-reactive ketones (excluding diaryl/α,β-unsaturated/α-hetero) is 1. The van der Waals surface area contributed by atoms with Crippen molar-refractivity contribution in [3.8, 4) is 0 Å². The third-order valence-corrected chi connectivity index (χ3v) is 2.56. The first-order valence-corrected chi connectivity index (χ1v) is 4.78. The minimum Gasteiger partial charge on any atom is -0.289 e. The second-order valence-electron chi connectivity index (χ2n) is 3.41. The molecule has 0 atom stereocenters. The van der Waals surface area contributed by atoms with Gasteiger partial charge in [0.2, 0.25) is 0 Å². The SMILES string of the molecule is C=CC1=Cc2cc(CC)ccc2C1=O. The summed E-state index contributed by atoms with van der Waals surface area (Å²) in [6.45, 7) is 5.74. The Morgan fingerprint density at radius 3 is 2.86 bits per heavy atom. The average molecular weight is 184 g/mol. The fourth-order valence-electron chi connectivity index (χ4n) is 1.70. The first kappa shape index (κ1) is 8.95. The summed E-state index contributed by atoms with van der Waals surface area (Å²) in [5.74, 6) is 0.0950. The number of carbonyl (C=O) groups excluding carboxylic acids is 1. The predicted molar refractivity (Wildman–Crippen MR) is 58.3 cm³/mol. The highest BCUT2D eigenvalue weighted by atomic mass is 16.1. The van der Waals surface area contributed by atoms with Crippen molar-refractivity contribution in [1.29, 1.82) is 0 Å². The normalized spacial score (nSPS) is 13.8. The zero-order valence-corrected chi connectivity index (χ0v) is 8.21. The largest absolute Gasteiger partial charge is 0.289 e. The van der Waals surface area contributed by atoms with E-state index >= 15 is 0 Å². The van der Waals surface area contributed by atoms with Crippen LogP contribution >= 0.6 is 0 Å². The second kappa shape index (κ2) is 3.26. The number of benzene rings is 1. The van der Waals surface area contributed by atoms with Gasteiger partial charge in [-0.2, -0.15) is 0 Å². The van der Waals surface area contributed by atoms with Crippen molar-refractivity contribution in [1.82, 2.24) is 0 Å². The quantitative estimate of drug-likeness (QED) is 0.690. The molecule has 0 saturated carbocycles. The van der Waals surface area contributed by atoms with Crippen LogP contribution in [0.3, 0.4) is 0 Å². The van der Waals surface area contributed by atoms with Gasteiger partial charge in [0.25, 0.3) is 0 Å². The Bertz CT molecular complexity index is 439. The second-order valence-corrected chi connectivity index (χ2v) is 3.41. The standard InChI is InChI=1S/C13H12O/c1-3-9-5-6-12-11(7-9)8-10(4-2)13(12)14/h4-8H,2-3H2,1H3. The number of aryl methyl sites for hydroxylation is 1. The Morgan fingerprint density at radius 2 is 2.21 bits per heavy atom. The monoisotopic (exact) mass is 184 g/mol. The van der Waals surface area contributed by atoms with E-state index in [0.29, 0.717) is 5.57 Å². The van der Waals surface area contributed by atoms with E-state index in [1.54, 1.807) is 6.08 Å². The maximum Gasteiger partial charge on any atom is 0.193 e. The van der Waals surface area contributed by atoms with E-state index < -0.39 is 0 Å². The maximum atomic E-state index is 11.7. The summed E-state index contributed by atoms with van der Waals surface area (Å²) in [7, 11) is 0. The molecule has 0 saturated heterocycles. The van der Waals surface area contributed by atoms with Gasteiger partial charge >= 0.3 is 0 Å². The predicted octanol–water partition coefficient (Wildman–Crippen LogP) is 3.01. The van der Waals surface area contributed by atoms with Gasteiger partial charge in [0, 0.05) is 11.1 Å². The van der Waals surface area contributed by atoms with Crippen molar-refractivity contribution >= 4 is 11.9 Å². The summed E-state index contributed by atoms with van der Waals surface area (Å²) in [6, 6.07) is 5.99. The molecule has 0 radical (unpaired) electrons. The highest BCUT2D eigenvalue weighted by Gasteiger charge is 2.19. The number of allylic oxidation sites excluding steroid dienone is 2. The van der Waals surface area contributed by atoms with Crippen LogP contribution in [0.25, 0.3) is 6.08 Å². The number of hydrogen-bond donors (Lipinski definition) is 0. The summed E-state index contributed by atoms with van der Waals surface area (Å²) in [5.41, 5.74) is 3.80. The van der Waals surface area contributed by atoms with Crippen LogP contribution in [-0.4, -0.2) is 5.78 Å². The summed E-state index contributed by atoms with van der Waals surface area (Å²) >= 11 is 0. The van der Waals surface area contributed by atoms with E-state index in [-0.39, 0.29) is 5.78 Å². The molecule has 0 amide bonds. The van der Waals surface area contributed by atoms with Crippen molar-refractivity contribution in [3.05, 3.63) is 53.1 Å². The van der Waals surface area contributed by atoms with Crippen LogP contribution in [0.4, 0.5) is 0 Å². The van der Waals surface area contributed by atoms with Crippen LogP contribution in [0.1, 0.15) is 28.4 Å². The molecule has 0 spiro atoms. The molecule has 1 aromatic rings. The number of carbonyl (C=O) groups is 1. The zero-order valence-electron chi connectivity index (χ0n) is 8.21. The molecular weight excluding hydrogens is 172 g/mol. The molecule has 1 heteroatoms. The highest BCUT2D eigenvalue weighted by Crippen LogP contribution is 2.26. The van der Waals surface area contributed by atoms with Crippen LogP contribution in [0, 0.1) is 0 Å². The molecule has 0 fully saturated rings. The lowest BCUT2D eigenvalue weighted by atomic mass is 10.0. The van der Waals surface area contributed by atoms with Crippen LogP contribution < -0.4 is 0 Å². The van der Waals surface area contributed by atoms with E-state index in [0.717, 1.165) is 17.5 Å². The molecule has 2 rings (SSSR count). The molecule has 1 nitrogen and oxygen atoms in total. The molecule has 1 aliphatic carbocycles. The van der Waals surface area contributed by atoms with E-state index in [9.17, 15) is 4.79 Å². The first-order chi connectivity index (χ1) is 6.76. The van der Waals surface area contributed by atoms with Crippen molar-refractivity contribution in [2.24, 2.45) is 0 Å². The van der Waals surface area contributed by atoms with Gasteiger partial charge in [0.05, 0.1) is 0 Å². The lowest BCUT2D eigenvalue weighted by Gasteiger charge is -2.00. The van der Waals surface area contributed by atoms with Crippen LogP contribution in [0.2, 0.25) is 0 Å². The van der Waals surface area contributed by atoms with Crippen molar-refractivity contribution in [2.75, 3.05) is 0 Å². The Hall–Kier alpha value is -1.63. The number of hydrogen-bond acceptors (Lipinski definition) is 1. The molecule has 0 aromatic heterocycles. The average Bonchev–Trinajstić information content (AvgIpc) is 2.55. The van der Waals surface area contributed by atoms with Gasteiger partial charge in [-0.05, 0) is 23.6 Å². The first-order valence-electron chi connectivity index (χ1n) is 4.78. The molecule has 70 valence electrons. The third-order valence-electron chi connectivity index (χ3n) is 2.56. The van der Waals surface area contributed by atoms with Crippen LogP contribution in [-0.2, 0) is 6.42 Å². The van der Waals surface area contributed by atoms with Gasteiger partial charge in [-0.1, -0.05) is 37.8 Å². The van der Waals surface area contributed by atoms with Crippen molar-refractivity contribution in [2.45, 2.75) is 13.3 Å². The van der Waals surface area contributed by atoms with E-state index in [4.69, 9.17) is 0 Å². The minimum atomic E-state index is 0.0950. The number of fused-ring (bicyclic) bond motifs is 1. The van der Waals surface area contributed by atoms with Crippen molar-refractivity contribution in [3.63, 3.8) is 0 Å². The topological polar surface area (TPSA) is 17.1 Å². The molecule has 1 aromatic carbocycles. The molecule has 1 aliphatic rings. The Labute approximate surface area is 83.8 Å². The molecular formula is C13H12O. The lowest BCUT2D eigenvalue weighted by molar-refractivity contribution is 0.104. The van der Waals surface area contributed by atoms with Gasteiger partial charge in [-0.15, -0.1) is 0 Å². The smallest absolute Gasteiger partial charge is 0.193 e. The minimum absolute atomic E-state index is 0.0950. The van der Waals surface area contributed by atoms with Gasteiger partial charge in [0.15, 0.2) is 5.78 Å². The van der Waals surface area contributed by atoms with Crippen molar-refractivity contribution < 1.29 is 4.79 Å². The Balaban J connectivity index is 2.54. The zero-order chi connectivity index (χ0) is 10.1. The molecule has 14 heavy (non-hydrogen) atoms. The van der Waals surface area contributed by atoms with Gasteiger partial charge in [0.1, 0.15) is 0 Å². The summed E-state index contributed by atoms with van der Waals surface area (Å²) < 4.78 is 0. The maximum absolute atomic E-state index is 11.7. The van der Waals surface area contributed by atoms with Gasteiger partial charge in [-0.25, -0.2) is 0 Å². The molecule has 0 heterocycles. The molecule has 0 unspecified atom stereocenters. The summed E-state index contributed by atoms with van der Waals surface area (Å²) in [4.78, 5) is 11.7. The number of ketones is 1. The van der Waals surface area contributed by atoms with Crippen LogP contribution in [0.5, 0.6) is 0 Å². The van der Waals surface area contributed by atoms with E-state index in [1.807, 2.05) is 18.2 Å². The Kier molecular flexibility index (Phi) is 2.08. The summed E-state index contributed by atoms with van der Waals surface area (Å²) in [6.07, 6.45) is 4.52. The van der Waals surface area contributed by atoms with E-state index in [1.165, 1.54) is 5.56 Å². The third kappa shape index (κ3) is 1.22. The lowest BCUT2D eigenvalue weighted by Crippen LogP contribution is -1.96. The van der Waals surface area contributed by atoms with E-state index in [2.05, 4.69) is 19.6 Å². The molecule has 0 bridgehead atoms. The fraction of sp³-hybridized carbons (Fsp3) is 0.154. The number of rotatable bonds is 2. The van der Waals surface area contributed by atoms with Crippen LogP contribution in [0.15, 0.2) is 36.4 Å².